The molecule has 1 amide bonds. The second-order valence-corrected chi connectivity index (χ2v) is 7.16. The fourth-order valence-electron chi connectivity index (χ4n) is 3.09. The van der Waals surface area contributed by atoms with Gasteiger partial charge in [0.1, 0.15) is 5.82 Å². The average Bonchev–Trinajstić information content (AvgIpc) is 2.60. The van der Waals surface area contributed by atoms with Crippen molar-refractivity contribution in [1.29, 1.82) is 0 Å². The zero-order chi connectivity index (χ0) is 17.8. The Morgan fingerprint density at radius 2 is 1.96 bits per heavy atom. The third kappa shape index (κ3) is 4.94. The van der Waals surface area contributed by atoms with Crippen LogP contribution in [0.2, 0.25) is 10.0 Å². The van der Waals surface area contributed by atoms with Crippen LogP contribution in [0, 0.1) is 11.7 Å². The summed E-state index contributed by atoms with van der Waals surface area (Å²) in [5.74, 6) is -0.367. The van der Waals surface area contributed by atoms with Gasteiger partial charge in [-0.05, 0) is 55.3 Å². The first-order valence-corrected chi connectivity index (χ1v) is 8.99. The zero-order valence-electron chi connectivity index (χ0n) is 13.6. The number of nitrogens with one attached hydrogen (secondary N) is 1. The molecule has 0 aromatic heterocycles. The highest BCUT2D eigenvalue weighted by Crippen LogP contribution is 2.27. The Balaban J connectivity index is 1.60. The molecule has 2 aromatic carbocycles. The summed E-state index contributed by atoms with van der Waals surface area (Å²) in [6.45, 7) is 2.32. The Morgan fingerprint density at radius 3 is 2.68 bits per heavy atom. The fraction of sp³-hybridized carbons (Fsp3) is 0.316. The maximum atomic E-state index is 13.0. The van der Waals surface area contributed by atoms with Crippen LogP contribution >= 0.6 is 23.2 Å². The van der Waals surface area contributed by atoms with Gasteiger partial charge >= 0.3 is 0 Å². The van der Waals surface area contributed by atoms with E-state index in [2.05, 4.69) is 10.2 Å². The van der Waals surface area contributed by atoms with Crippen LogP contribution in [0.1, 0.15) is 18.4 Å². The number of carbonyl (C=O) groups excluding carboxylic acids is 1. The van der Waals surface area contributed by atoms with Gasteiger partial charge in [0.15, 0.2) is 0 Å². The van der Waals surface area contributed by atoms with Gasteiger partial charge in [-0.2, -0.15) is 0 Å². The number of hydrogen-bond donors (Lipinski definition) is 1. The number of anilines is 1. The fourth-order valence-corrected chi connectivity index (χ4v) is 3.54. The van der Waals surface area contributed by atoms with Gasteiger partial charge in [-0.1, -0.05) is 35.3 Å². The number of carbonyl (C=O) groups is 1. The van der Waals surface area contributed by atoms with E-state index in [-0.39, 0.29) is 17.6 Å². The summed E-state index contributed by atoms with van der Waals surface area (Å²) >= 11 is 12.0. The molecule has 0 spiro atoms. The molecular weight excluding hydrogens is 362 g/mol. The van der Waals surface area contributed by atoms with Crippen LogP contribution < -0.4 is 5.32 Å². The molecule has 1 unspecified atom stereocenters. The minimum atomic E-state index is -0.237. The van der Waals surface area contributed by atoms with Crippen molar-refractivity contribution >= 4 is 34.8 Å². The highest BCUT2D eigenvalue weighted by atomic mass is 35.5. The summed E-state index contributed by atoms with van der Waals surface area (Å²) in [6.07, 6.45) is 1.80. The van der Waals surface area contributed by atoms with Crippen molar-refractivity contribution < 1.29 is 9.18 Å². The molecule has 1 saturated heterocycles. The highest BCUT2D eigenvalue weighted by Gasteiger charge is 2.26. The molecule has 0 radical (unpaired) electrons. The molecule has 1 aliphatic rings. The van der Waals surface area contributed by atoms with Gasteiger partial charge in [-0.25, -0.2) is 4.39 Å². The highest BCUT2D eigenvalue weighted by molar-refractivity contribution is 6.36. The largest absolute Gasteiger partial charge is 0.324 e. The van der Waals surface area contributed by atoms with E-state index in [1.165, 1.54) is 12.1 Å². The Kier molecular flexibility index (Phi) is 5.94. The van der Waals surface area contributed by atoms with E-state index < -0.39 is 0 Å². The first-order valence-electron chi connectivity index (χ1n) is 8.24. The van der Waals surface area contributed by atoms with Crippen LogP contribution in [0.25, 0.3) is 0 Å². The number of amides is 1. The number of halogens is 3. The van der Waals surface area contributed by atoms with E-state index in [4.69, 9.17) is 23.2 Å². The van der Waals surface area contributed by atoms with Gasteiger partial charge in [-0.15, -0.1) is 0 Å². The van der Waals surface area contributed by atoms with Crippen LogP contribution in [0.5, 0.6) is 0 Å². The van der Waals surface area contributed by atoms with Crippen LogP contribution in [0.3, 0.4) is 0 Å². The van der Waals surface area contributed by atoms with E-state index in [1.54, 1.807) is 30.3 Å². The van der Waals surface area contributed by atoms with Gasteiger partial charge in [-0.3, -0.25) is 9.69 Å². The molecular formula is C19H19Cl2FN2O. The predicted molar refractivity (Wildman–Crippen MR) is 99.5 cm³/mol. The smallest absolute Gasteiger partial charge is 0.228 e. The quantitative estimate of drug-likeness (QED) is 0.810. The number of likely N-dealkylation sites (tertiary alicyclic amines) is 1. The van der Waals surface area contributed by atoms with Crippen molar-refractivity contribution in [3.8, 4) is 0 Å². The normalized spacial score (nSPS) is 18.1. The molecule has 1 N–H and O–H groups in total. The predicted octanol–water partition coefficient (Wildman–Crippen LogP) is 4.98. The lowest BCUT2D eigenvalue weighted by atomic mass is 9.96. The van der Waals surface area contributed by atoms with E-state index in [0.717, 1.165) is 24.9 Å². The molecule has 1 atom stereocenters. The lowest BCUT2D eigenvalue weighted by molar-refractivity contribution is -0.121. The summed E-state index contributed by atoms with van der Waals surface area (Å²) < 4.78 is 13.0. The SMILES string of the molecule is O=C(Nc1ccc(Cl)cc1Cl)C1CCCN(Cc2ccc(F)cc2)C1. The van der Waals surface area contributed by atoms with Gasteiger partial charge in [0.2, 0.25) is 5.91 Å². The number of hydrogen-bond acceptors (Lipinski definition) is 2. The van der Waals surface area contributed by atoms with Crippen molar-refractivity contribution in [1.82, 2.24) is 4.90 Å². The van der Waals surface area contributed by atoms with E-state index in [9.17, 15) is 9.18 Å². The lowest BCUT2D eigenvalue weighted by Gasteiger charge is -2.32. The van der Waals surface area contributed by atoms with Crippen LogP contribution in [0.15, 0.2) is 42.5 Å². The van der Waals surface area contributed by atoms with Crippen molar-refractivity contribution in [3.05, 3.63) is 63.9 Å². The summed E-state index contributed by atoms with van der Waals surface area (Å²) in [6, 6.07) is 11.5. The molecule has 1 aliphatic heterocycles. The molecule has 6 heteroatoms. The molecule has 0 aliphatic carbocycles. The minimum absolute atomic E-state index is 0.0342. The van der Waals surface area contributed by atoms with Gasteiger partial charge in [0, 0.05) is 18.1 Å². The number of benzene rings is 2. The van der Waals surface area contributed by atoms with Gasteiger partial charge in [0.05, 0.1) is 16.6 Å². The maximum Gasteiger partial charge on any atom is 0.228 e. The van der Waals surface area contributed by atoms with Crippen molar-refractivity contribution in [2.75, 3.05) is 18.4 Å². The molecule has 1 heterocycles. The molecule has 3 nitrogen and oxygen atoms in total. The number of rotatable bonds is 4. The monoisotopic (exact) mass is 380 g/mol. The standard InChI is InChI=1S/C19H19Cl2FN2O/c20-15-5-8-18(17(21)10-15)23-19(25)14-2-1-9-24(12-14)11-13-3-6-16(22)7-4-13/h3-8,10,14H,1-2,9,11-12H2,(H,23,25). The second-order valence-electron chi connectivity index (χ2n) is 6.31. The van der Waals surface area contributed by atoms with Crippen LogP contribution in [0.4, 0.5) is 10.1 Å². The summed E-state index contributed by atoms with van der Waals surface area (Å²) in [7, 11) is 0. The third-order valence-corrected chi connectivity index (χ3v) is 4.93. The van der Waals surface area contributed by atoms with Crippen LogP contribution in [-0.4, -0.2) is 23.9 Å². The third-order valence-electron chi connectivity index (χ3n) is 4.38. The minimum Gasteiger partial charge on any atom is -0.324 e. The average molecular weight is 381 g/mol. The van der Waals surface area contributed by atoms with Crippen molar-refractivity contribution in [2.24, 2.45) is 5.92 Å². The topological polar surface area (TPSA) is 32.3 Å². The first kappa shape index (κ1) is 18.2. The van der Waals surface area contributed by atoms with Gasteiger partial charge < -0.3 is 5.32 Å². The molecule has 0 saturated carbocycles. The van der Waals surface area contributed by atoms with E-state index >= 15 is 0 Å². The summed E-state index contributed by atoms with van der Waals surface area (Å²) in [5, 5.41) is 3.86. The zero-order valence-corrected chi connectivity index (χ0v) is 15.2. The summed E-state index contributed by atoms with van der Waals surface area (Å²) in [5.41, 5.74) is 1.62. The lowest BCUT2D eigenvalue weighted by Crippen LogP contribution is -2.40. The Hall–Kier alpha value is -1.62. The van der Waals surface area contributed by atoms with Gasteiger partial charge in [0.25, 0.3) is 0 Å². The molecule has 25 heavy (non-hydrogen) atoms. The van der Waals surface area contributed by atoms with E-state index in [1.807, 2.05) is 0 Å². The van der Waals surface area contributed by atoms with Crippen molar-refractivity contribution in [3.63, 3.8) is 0 Å². The molecule has 1 fully saturated rings. The Bertz CT molecular complexity index is 752. The maximum absolute atomic E-state index is 13.0. The molecule has 3 rings (SSSR count). The van der Waals surface area contributed by atoms with Crippen molar-refractivity contribution in [2.45, 2.75) is 19.4 Å². The first-order chi connectivity index (χ1) is 12.0. The number of nitrogens with zero attached hydrogens (tertiary/aromatic N) is 1. The Labute approximate surface area is 156 Å². The second kappa shape index (κ2) is 8.17. The number of piperidine rings is 1. The van der Waals surface area contributed by atoms with Crippen LogP contribution in [-0.2, 0) is 11.3 Å². The Morgan fingerprint density at radius 1 is 1.20 bits per heavy atom. The summed E-state index contributed by atoms with van der Waals surface area (Å²) in [4.78, 5) is 14.8. The molecule has 2 aromatic rings. The van der Waals surface area contributed by atoms with E-state index in [0.29, 0.717) is 28.8 Å². The molecule has 0 bridgehead atoms. The molecule has 132 valence electrons.